The number of alkyl halides is 1. The van der Waals surface area contributed by atoms with Gasteiger partial charge in [0.05, 0.1) is 17.0 Å². The summed E-state index contributed by atoms with van der Waals surface area (Å²) in [5.41, 5.74) is 0.625. The SMILES string of the molecule is COc1c(Cl)cc(Cl)cc1C(Br)C=O. The molecule has 5 heteroatoms. The number of hydrogen-bond donors (Lipinski definition) is 0. The van der Waals surface area contributed by atoms with E-state index in [0.717, 1.165) is 6.29 Å². The van der Waals surface area contributed by atoms with E-state index in [0.29, 0.717) is 21.4 Å². The Hall–Kier alpha value is -0.250. The molecule has 1 unspecified atom stereocenters. The largest absolute Gasteiger partial charge is 0.495 e. The van der Waals surface area contributed by atoms with Crippen molar-refractivity contribution in [2.45, 2.75) is 4.83 Å². The first-order valence-corrected chi connectivity index (χ1v) is 5.39. The molecule has 76 valence electrons. The fourth-order valence-corrected chi connectivity index (χ4v) is 2.00. The van der Waals surface area contributed by atoms with Crippen molar-refractivity contribution in [3.63, 3.8) is 0 Å². The van der Waals surface area contributed by atoms with Crippen molar-refractivity contribution in [2.24, 2.45) is 0 Å². The van der Waals surface area contributed by atoms with Gasteiger partial charge in [0, 0.05) is 10.6 Å². The van der Waals surface area contributed by atoms with E-state index in [1.165, 1.54) is 7.11 Å². The van der Waals surface area contributed by atoms with E-state index < -0.39 is 4.83 Å². The average molecular weight is 298 g/mol. The molecule has 0 fully saturated rings. The van der Waals surface area contributed by atoms with Gasteiger partial charge in [0.25, 0.3) is 0 Å². The van der Waals surface area contributed by atoms with Gasteiger partial charge in [0.2, 0.25) is 0 Å². The summed E-state index contributed by atoms with van der Waals surface area (Å²) in [5.74, 6) is 0.463. The summed E-state index contributed by atoms with van der Waals surface area (Å²) in [6, 6.07) is 3.20. The van der Waals surface area contributed by atoms with E-state index >= 15 is 0 Å². The minimum Gasteiger partial charge on any atom is -0.495 e. The molecule has 0 aliphatic heterocycles. The van der Waals surface area contributed by atoms with Crippen LogP contribution < -0.4 is 4.74 Å². The molecule has 1 aromatic carbocycles. The summed E-state index contributed by atoms with van der Waals surface area (Å²) < 4.78 is 5.07. The van der Waals surface area contributed by atoms with Crippen LogP contribution >= 0.6 is 39.1 Å². The summed E-state index contributed by atoms with van der Waals surface area (Å²) in [7, 11) is 1.49. The van der Waals surface area contributed by atoms with Crippen molar-refractivity contribution in [3.8, 4) is 5.75 Å². The van der Waals surface area contributed by atoms with Crippen molar-refractivity contribution in [3.05, 3.63) is 27.7 Å². The zero-order valence-corrected chi connectivity index (χ0v) is 10.4. The monoisotopic (exact) mass is 296 g/mol. The molecule has 0 saturated carbocycles. The number of rotatable bonds is 3. The predicted octanol–water partition coefficient (Wildman–Crippen LogP) is 3.64. The molecule has 0 heterocycles. The van der Waals surface area contributed by atoms with Crippen LogP contribution in [0.5, 0.6) is 5.75 Å². The second-order valence-corrected chi connectivity index (χ2v) is 4.38. The molecule has 1 atom stereocenters. The molecule has 0 saturated heterocycles. The lowest BCUT2D eigenvalue weighted by molar-refractivity contribution is -0.107. The van der Waals surface area contributed by atoms with Gasteiger partial charge in [-0.1, -0.05) is 39.1 Å². The van der Waals surface area contributed by atoms with Crippen LogP contribution in [0.3, 0.4) is 0 Å². The number of halogens is 3. The maximum absolute atomic E-state index is 10.6. The minimum absolute atomic E-state index is 0.390. The van der Waals surface area contributed by atoms with Crippen LogP contribution in [0.1, 0.15) is 10.4 Å². The Kier molecular flexibility index (Phi) is 4.23. The summed E-state index contributed by atoms with van der Waals surface area (Å²) in [4.78, 5) is 10.1. The number of aldehydes is 1. The van der Waals surface area contributed by atoms with Crippen molar-refractivity contribution >= 4 is 45.4 Å². The van der Waals surface area contributed by atoms with E-state index in [9.17, 15) is 4.79 Å². The van der Waals surface area contributed by atoms with Gasteiger partial charge in [-0.15, -0.1) is 0 Å². The second kappa shape index (κ2) is 5.01. The van der Waals surface area contributed by atoms with Gasteiger partial charge >= 0.3 is 0 Å². The number of carbonyl (C=O) groups excluding carboxylic acids is 1. The Bertz CT molecular complexity index is 355. The lowest BCUT2D eigenvalue weighted by Crippen LogP contribution is -1.97. The molecule has 0 bridgehead atoms. The summed E-state index contributed by atoms with van der Waals surface area (Å²) >= 11 is 14.9. The number of carbonyl (C=O) groups is 1. The van der Waals surface area contributed by atoms with Gasteiger partial charge in [-0.25, -0.2) is 0 Å². The molecule has 0 aliphatic rings. The van der Waals surface area contributed by atoms with Crippen molar-refractivity contribution in [1.82, 2.24) is 0 Å². The van der Waals surface area contributed by atoms with E-state index in [2.05, 4.69) is 15.9 Å². The molecular weight excluding hydrogens is 291 g/mol. The van der Waals surface area contributed by atoms with Gasteiger partial charge < -0.3 is 9.53 Å². The third kappa shape index (κ3) is 2.41. The number of methoxy groups -OCH3 is 1. The van der Waals surface area contributed by atoms with Crippen LogP contribution in [0.15, 0.2) is 12.1 Å². The van der Waals surface area contributed by atoms with Crippen molar-refractivity contribution in [2.75, 3.05) is 7.11 Å². The molecule has 0 N–H and O–H groups in total. The zero-order valence-electron chi connectivity index (χ0n) is 7.26. The van der Waals surface area contributed by atoms with Crippen LogP contribution in [0.25, 0.3) is 0 Å². The fourth-order valence-electron chi connectivity index (χ4n) is 1.07. The summed E-state index contributed by atoms with van der Waals surface area (Å²) in [6.45, 7) is 0. The highest BCUT2D eigenvalue weighted by Gasteiger charge is 2.16. The first-order chi connectivity index (χ1) is 6.60. The molecule has 0 amide bonds. The Morgan fingerprint density at radius 3 is 2.64 bits per heavy atom. The van der Waals surface area contributed by atoms with E-state index in [1.54, 1.807) is 12.1 Å². The highest BCUT2D eigenvalue weighted by atomic mass is 79.9. The Labute approximate surface area is 100 Å². The molecule has 2 nitrogen and oxygen atoms in total. The van der Waals surface area contributed by atoms with E-state index in [1.807, 2.05) is 0 Å². The second-order valence-electron chi connectivity index (χ2n) is 2.55. The number of benzene rings is 1. The van der Waals surface area contributed by atoms with Crippen LogP contribution in [0.2, 0.25) is 10.0 Å². The normalized spacial score (nSPS) is 12.3. The molecule has 0 radical (unpaired) electrons. The Balaban J connectivity index is 3.31. The number of hydrogen-bond acceptors (Lipinski definition) is 2. The summed E-state index contributed by atoms with van der Waals surface area (Å²) in [5, 5.41) is 0.860. The van der Waals surface area contributed by atoms with Crippen molar-refractivity contribution < 1.29 is 9.53 Å². The lowest BCUT2D eigenvalue weighted by atomic mass is 10.1. The highest BCUT2D eigenvalue weighted by Crippen LogP contribution is 2.37. The fraction of sp³-hybridized carbons (Fsp3) is 0.222. The first-order valence-electron chi connectivity index (χ1n) is 3.72. The van der Waals surface area contributed by atoms with Crippen LogP contribution in [-0.4, -0.2) is 13.4 Å². The number of ether oxygens (including phenoxy) is 1. The lowest BCUT2D eigenvalue weighted by Gasteiger charge is -2.11. The van der Waals surface area contributed by atoms with E-state index in [-0.39, 0.29) is 0 Å². The molecule has 0 aromatic heterocycles. The predicted molar refractivity (Wildman–Crippen MR) is 60.7 cm³/mol. The topological polar surface area (TPSA) is 26.3 Å². The standard InChI is InChI=1S/C9H7BrCl2O2/c1-14-9-6(7(10)4-13)2-5(11)3-8(9)12/h2-4,7H,1H3. The maximum Gasteiger partial charge on any atom is 0.142 e. The third-order valence-electron chi connectivity index (χ3n) is 1.66. The average Bonchev–Trinajstić information content (AvgIpc) is 2.15. The van der Waals surface area contributed by atoms with Gasteiger partial charge in [-0.3, -0.25) is 0 Å². The smallest absolute Gasteiger partial charge is 0.142 e. The zero-order chi connectivity index (χ0) is 10.7. The minimum atomic E-state index is -0.464. The van der Waals surface area contributed by atoms with Gasteiger partial charge in [0.15, 0.2) is 0 Å². The van der Waals surface area contributed by atoms with Crippen molar-refractivity contribution in [1.29, 1.82) is 0 Å². The van der Waals surface area contributed by atoms with Gasteiger partial charge in [0.1, 0.15) is 12.0 Å². The maximum atomic E-state index is 10.6. The Morgan fingerprint density at radius 1 is 1.50 bits per heavy atom. The van der Waals surface area contributed by atoms with Crippen LogP contribution in [0.4, 0.5) is 0 Å². The molecule has 0 aliphatic carbocycles. The van der Waals surface area contributed by atoms with Gasteiger partial charge in [-0.2, -0.15) is 0 Å². The molecule has 14 heavy (non-hydrogen) atoms. The first kappa shape index (κ1) is 11.8. The third-order valence-corrected chi connectivity index (χ3v) is 2.87. The Morgan fingerprint density at radius 2 is 2.14 bits per heavy atom. The highest BCUT2D eigenvalue weighted by molar-refractivity contribution is 9.09. The summed E-state index contributed by atoms with van der Waals surface area (Å²) in [6.07, 6.45) is 0.741. The van der Waals surface area contributed by atoms with E-state index in [4.69, 9.17) is 27.9 Å². The molecule has 1 aromatic rings. The molecular formula is C9H7BrCl2O2. The quantitative estimate of drug-likeness (QED) is 0.629. The molecule has 0 spiro atoms. The van der Waals surface area contributed by atoms with Crippen LogP contribution in [0, 0.1) is 0 Å². The van der Waals surface area contributed by atoms with Crippen LogP contribution in [-0.2, 0) is 4.79 Å². The van der Waals surface area contributed by atoms with Gasteiger partial charge in [-0.05, 0) is 12.1 Å². The molecule has 1 rings (SSSR count).